The largest absolute Gasteiger partial charge is 0.478 e. The van der Waals surface area contributed by atoms with Crippen LogP contribution < -0.4 is 0 Å². The second-order valence-electron chi connectivity index (χ2n) is 5.03. The number of benzene rings is 1. The molecule has 6 nitrogen and oxygen atoms in total. The van der Waals surface area contributed by atoms with Gasteiger partial charge in [0.15, 0.2) is 0 Å². The van der Waals surface area contributed by atoms with Crippen LogP contribution in [-0.2, 0) is 17.8 Å². The van der Waals surface area contributed by atoms with E-state index < -0.39 is 5.97 Å². The van der Waals surface area contributed by atoms with E-state index >= 15 is 0 Å². The maximum atomic E-state index is 12.4. The van der Waals surface area contributed by atoms with Crippen molar-refractivity contribution in [1.82, 2.24) is 9.80 Å². The Hall–Kier alpha value is -2.08. The molecule has 2 amide bonds. The van der Waals surface area contributed by atoms with Gasteiger partial charge in [0.1, 0.15) is 0 Å². The first-order chi connectivity index (χ1) is 9.65. The zero-order valence-corrected chi connectivity index (χ0v) is 11.0. The average molecular weight is 276 g/mol. The first-order valence-corrected chi connectivity index (χ1v) is 6.62. The van der Waals surface area contributed by atoms with Gasteiger partial charge in [-0.05, 0) is 23.3 Å². The lowest BCUT2D eigenvalue weighted by molar-refractivity contribution is 0.0430. The standard InChI is InChI=1S/C14H16N2O4/c17-13(18)10-1-2-11-8-16(9-12(11)7-10)14(19)15-3-5-20-6-4-15/h1-2,7H,3-6,8-9H2,(H,17,18). The number of ether oxygens (including phenoxy) is 1. The van der Waals surface area contributed by atoms with E-state index in [1.807, 2.05) is 0 Å². The van der Waals surface area contributed by atoms with E-state index in [2.05, 4.69) is 0 Å². The van der Waals surface area contributed by atoms with Crippen LogP contribution in [0, 0.1) is 0 Å². The van der Waals surface area contributed by atoms with Crippen molar-refractivity contribution in [3.8, 4) is 0 Å². The lowest BCUT2D eigenvalue weighted by Crippen LogP contribution is -2.46. The second kappa shape index (κ2) is 5.13. The van der Waals surface area contributed by atoms with Gasteiger partial charge in [0.25, 0.3) is 0 Å². The number of carbonyl (C=O) groups is 2. The number of carbonyl (C=O) groups excluding carboxylic acids is 1. The van der Waals surface area contributed by atoms with E-state index in [9.17, 15) is 9.59 Å². The quantitative estimate of drug-likeness (QED) is 0.835. The van der Waals surface area contributed by atoms with Crippen molar-refractivity contribution in [2.24, 2.45) is 0 Å². The van der Waals surface area contributed by atoms with Gasteiger partial charge in [0.2, 0.25) is 0 Å². The molecule has 6 heteroatoms. The Kier molecular flexibility index (Phi) is 3.31. The van der Waals surface area contributed by atoms with Crippen LogP contribution in [0.3, 0.4) is 0 Å². The Balaban J connectivity index is 1.73. The Morgan fingerprint density at radius 2 is 1.75 bits per heavy atom. The third-order valence-electron chi connectivity index (χ3n) is 3.73. The van der Waals surface area contributed by atoms with Crippen LogP contribution in [0.1, 0.15) is 21.5 Å². The molecule has 3 rings (SSSR count). The van der Waals surface area contributed by atoms with E-state index in [-0.39, 0.29) is 11.6 Å². The SMILES string of the molecule is O=C(O)c1ccc2c(c1)CN(C(=O)N1CCOCC1)C2. The van der Waals surface area contributed by atoms with Gasteiger partial charge in [-0.15, -0.1) is 0 Å². The summed E-state index contributed by atoms with van der Waals surface area (Å²) in [6.07, 6.45) is 0. The highest BCUT2D eigenvalue weighted by Crippen LogP contribution is 2.25. The summed E-state index contributed by atoms with van der Waals surface area (Å²) in [6.45, 7) is 3.42. The number of carboxylic acids is 1. The van der Waals surface area contributed by atoms with Crippen molar-refractivity contribution in [3.63, 3.8) is 0 Å². The lowest BCUT2D eigenvalue weighted by Gasteiger charge is -2.30. The number of morpholine rings is 1. The molecule has 1 fully saturated rings. The molecule has 2 aliphatic rings. The van der Waals surface area contributed by atoms with Crippen LogP contribution in [0.4, 0.5) is 4.79 Å². The molecule has 0 aromatic heterocycles. The van der Waals surface area contributed by atoms with Gasteiger partial charge in [0.05, 0.1) is 18.8 Å². The molecular formula is C14H16N2O4. The van der Waals surface area contributed by atoms with Crippen LogP contribution in [0.5, 0.6) is 0 Å². The summed E-state index contributed by atoms with van der Waals surface area (Å²) in [5.74, 6) is -0.939. The Labute approximate surface area is 116 Å². The molecule has 0 atom stereocenters. The molecule has 2 aliphatic heterocycles. The van der Waals surface area contributed by atoms with Gasteiger partial charge < -0.3 is 19.6 Å². The number of rotatable bonds is 1. The molecule has 0 radical (unpaired) electrons. The number of nitrogens with zero attached hydrogens (tertiary/aromatic N) is 2. The first kappa shape index (κ1) is 12.9. The molecule has 0 bridgehead atoms. The number of amides is 2. The van der Waals surface area contributed by atoms with E-state index in [0.29, 0.717) is 39.4 Å². The Bertz CT molecular complexity index is 552. The molecule has 1 aromatic rings. The molecule has 0 unspecified atom stereocenters. The minimum absolute atomic E-state index is 0.00127. The number of hydrogen-bond acceptors (Lipinski definition) is 3. The molecule has 0 aliphatic carbocycles. The fourth-order valence-electron chi connectivity index (χ4n) is 2.62. The molecule has 1 saturated heterocycles. The van der Waals surface area contributed by atoms with Gasteiger partial charge in [-0.1, -0.05) is 6.07 Å². The van der Waals surface area contributed by atoms with Crippen molar-refractivity contribution >= 4 is 12.0 Å². The highest BCUT2D eigenvalue weighted by Gasteiger charge is 2.28. The topological polar surface area (TPSA) is 70.1 Å². The summed E-state index contributed by atoms with van der Waals surface area (Å²) in [4.78, 5) is 26.9. The third-order valence-corrected chi connectivity index (χ3v) is 3.73. The first-order valence-electron chi connectivity index (χ1n) is 6.62. The van der Waals surface area contributed by atoms with Gasteiger partial charge in [0, 0.05) is 26.2 Å². The van der Waals surface area contributed by atoms with E-state index in [0.717, 1.165) is 11.1 Å². The summed E-state index contributed by atoms with van der Waals surface area (Å²) >= 11 is 0. The Morgan fingerprint density at radius 3 is 2.45 bits per heavy atom. The summed E-state index contributed by atoms with van der Waals surface area (Å²) in [5.41, 5.74) is 2.22. The van der Waals surface area contributed by atoms with Crippen LogP contribution in [0.2, 0.25) is 0 Å². The smallest absolute Gasteiger partial charge is 0.335 e. The molecule has 1 N–H and O–H groups in total. The maximum Gasteiger partial charge on any atom is 0.335 e. The molecular weight excluding hydrogens is 260 g/mol. The van der Waals surface area contributed by atoms with Crippen LogP contribution in [-0.4, -0.2) is 53.2 Å². The van der Waals surface area contributed by atoms with Crippen molar-refractivity contribution in [3.05, 3.63) is 34.9 Å². The van der Waals surface area contributed by atoms with Gasteiger partial charge >= 0.3 is 12.0 Å². The predicted molar refractivity (Wildman–Crippen MR) is 70.4 cm³/mol. The summed E-state index contributed by atoms with van der Waals surface area (Å²) in [6, 6.07) is 5.04. The number of carboxylic acid groups (broad SMARTS) is 1. The molecule has 20 heavy (non-hydrogen) atoms. The van der Waals surface area contributed by atoms with Gasteiger partial charge in [-0.3, -0.25) is 0 Å². The molecule has 0 spiro atoms. The van der Waals surface area contributed by atoms with Crippen LogP contribution in [0.15, 0.2) is 18.2 Å². The fraction of sp³-hybridized carbons (Fsp3) is 0.429. The number of hydrogen-bond donors (Lipinski definition) is 1. The van der Waals surface area contributed by atoms with Crippen LogP contribution >= 0.6 is 0 Å². The van der Waals surface area contributed by atoms with Crippen molar-refractivity contribution < 1.29 is 19.4 Å². The highest BCUT2D eigenvalue weighted by atomic mass is 16.5. The number of urea groups is 1. The highest BCUT2D eigenvalue weighted by molar-refractivity contribution is 5.88. The van der Waals surface area contributed by atoms with Crippen molar-refractivity contribution in [1.29, 1.82) is 0 Å². The normalized spacial score (nSPS) is 18.0. The van der Waals surface area contributed by atoms with Crippen molar-refractivity contribution in [2.75, 3.05) is 26.3 Å². The summed E-state index contributed by atoms with van der Waals surface area (Å²) < 4.78 is 5.24. The zero-order chi connectivity index (χ0) is 14.1. The van der Waals surface area contributed by atoms with Crippen molar-refractivity contribution in [2.45, 2.75) is 13.1 Å². The van der Waals surface area contributed by atoms with E-state index in [1.165, 1.54) is 0 Å². The van der Waals surface area contributed by atoms with Gasteiger partial charge in [-0.25, -0.2) is 9.59 Å². The molecule has 1 aromatic carbocycles. The maximum absolute atomic E-state index is 12.4. The number of aromatic carboxylic acids is 1. The minimum atomic E-state index is -0.939. The third kappa shape index (κ3) is 2.34. The van der Waals surface area contributed by atoms with E-state index in [1.54, 1.807) is 28.0 Å². The second-order valence-corrected chi connectivity index (χ2v) is 5.03. The monoisotopic (exact) mass is 276 g/mol. The zero-order valence-electron chi connectivity index (χ0n) is 11.0. The molecule has 2 heterocycles. The number of fused-ring (bicyclic) bond motifs is 1. The minimum Gasteiger partial charge on any atom is -0.478 e. The Morgan fingerprint density at radius 1 is 1.05 bits per heavy atom. The summed E-state index contributed by atoms with van der Waals surface area (Å²) in [5, 5.41) is 8.99. The predicted octanol–water partition coefficient (Wildman–Crippen LogP) is 1.15. The fourth-order valence-corrected chi connectivity index (χ4v) is 2.62. The van der Waals surface area contributed by atoms with E-state index in [4.69, 9.17) is 9.84 Å². The average Bonchev–Trinajstić information content (AvgIpc) is 2.90. The molecule has 106 valence electrons. The van der Waals surface area contributed by atoms with Gasteiger partial charge in [-0.2, -0.15) is 0 Å². The molecule has 0 saturated carbocycles. The van der Waals surface area contributed by atoms with Crippen LogP contribution in [0.25, 0.3) is 0 Å². The summed E-state index contributed by atoms with van der Waals surface area (Å²) in [7, 11) is 0. The lowest BCUT2D eigenvalue weighted by atomic mass is 10.1.